The highest BCUT2D eigenvalue weighted by atomic mass is 19.4. The minimum Gasteiger partial charge on any atom is -0.372 e. The van der Waals surface area contributed by atoms with Crippen LogP contribution >= 0.6 is 0 Å². The van der Waals surface area contributed by atoms with Crippen molar-refractivity contribution in [3.8, 4) is 0 Å². The molecule has 0 aliphatic carbocycles. The number of morpholine rings is 1. The standard InChI is InChI=1S/C16H20F3NO3/c1-11-7-20(8-12(2)23-11)15(21)14-5-3-4-13(6-14)9-22-10-16(17,18)19/h3-6,11-12H,7-10H2,1-2H3/t11-,12-/m0/s1. The van der Waals surface area contributed by atoms with E-state index >= 15 is 0 Å². The van der Waals surface area contributed by atoms with Crippen molar-refractivity contribution in [2.75, 3.05) is 19.7 Å². The van der Waals surface area contributed by atoms with Crippen molar-refractivity contribution in [1.82, 2.24) is 4.90 Å². The molecule has 2 rings (SSSR count). The highest BCUT2D eigenvalue weighted by molar-refractivity contribution is 5.94. The van der Waals surface area contributed by atoms with E-state index in [1.807, 2.05) is 13.8 Å². The van der Waals surface area contributed by atoms with E-state index in [-0.39, 0.29) is 24.7 Å². The molecule has 0 N–H and O–H groups in total. The van der Waals surface area contributed by atoms with E-state index in [0.717, 1.165) is 0 Å². The van der Waals surface area contributed by atoms with Crippen LogP contribution in [0.15, 0.2) is 24.3 Å². The van der Waals surface area contributed by atoms with E-state index in [1.165, 1.54) is 0 Å². The third kappa shape index (κ3) is 5.51. The van der Waals surface area contributed by atoms with Crippen LogP contribution < -0.4 is 0 Å². The van der Waals surface area contributed by atoms with Crippen molar-refractivity contribution in [2.45, 2.75) is 38.8 Å². The fourth-order valence-electron chi connectivity index (χ4n) is 2.61. The highest BCUT2D eigenvalue weighted by Crippen LogP contribution is 2.18. The van der Waals surface area contributed by atoms with Gasteiger partial charge in [-0.05, 0) is 31.5 Å². The summed E-state index contributed by atoms with van der Waals surface area (Å²) in [6.45, 7) is 3.31. The van der Waals surface area contributed by atoms with E-state index in [9.17, 15) is 18.0 Å². The fourth-order valence-corrected chi connectivity index (χ4v) is 2.61. The third-order valence-electron chi connectivity index (χ3n) is 3.42. The molecule has 1 heterocycles. The Kier molecular flexibility index (Phi) is 5.64. The van der Waals surface area contributed by atoms with Crippen LogP contribution in [0.4, 0.5) is 13.2 Å². The van der Waals surface area contributed by atoms with Crippen LogP contribution in [0.5, 0.6) is 0 Å². The Bertz CT molecular complexity index is 538. The zero-order valence-electron chi connectivity index (χ0n) is 13.1. The van der Waals surface area contributed by atoms with Crippen LogP contribution in [-0.2, 0) is 16.1 Å². The Morgan fingerprint density at radius 1 is 1.30 bits per heavy atom. The molecule has 128 valence electrons. The number of hydrogen-bond donors (Lipinski definition) is 0. The molecular weight excluding hydrogens is 311 g/mol. The topological polar surface area (TPSA) is 38.8 Å². The van der Waals surface area contributed by atoms with Gasteiger partial charge in [-0.3, -0.25) is 4.79 Å². The number of carbonyl (C=O) groups excluding carboxylic acids is 1. The lowest BCUT2D eigenvalue weighted by Gasteiger charge is -2.35. The fraction of sp³-hybridized carbons (Fsp3) is 0.562. The Morgan fingerprint density at radius 3 is 2.57 bits per heavy atom. The van der Waals surface area contributed by atoms with Gasteiger partial charge < -0.3 is 14.4 Å². The first-order valence-corrected chi connectivity index (χ1v) is 7.43. The van der Waals surface area contributed by atoms with Gasteiger partial charge in [-0.2, -0.15) is 13.2 Å². The van der Waals surface area contributed by atoms with Crippen LogP contribution in [0.25, 0.3) is 0 Å². The minimum atomic E-state index is -4.35. The van der Waals surface area contributed by atoms with Gasteiger partial charge in [0.15, 0.2) is 0 Å². The Labute approximate surface area is 133 Å². The number of benzene rings is 1. The summed E-state index contributed by atoms with van der Waals surface area (Å²) in [5, 5.41) is 0. The predicted octanol–water partition coefficient (Wildman–Crippen LogP) is 3.01. The lowest BCUT2D eigenvalue weighted by Crippen LogP contribution is -2.48. The predicted molar refractivity (Wildman–Crippen MR) is 78.1 cm³/mol. The van der Waals surface area contributed by atoms with Crippen LogP contribution in [0.3, 0.4) is 0 Å². The average molecular weight is 331 g/mol. The summed E-state index contributed by atoms with van der Waals surface area (Å²) in [6.07, 6.45) is -4.44. The van der Waals surface area contributed by atoms with E-state index in [4.69, 9.17) is 4.74 Å². The second-order valence-corrected chi connectivity index (χ2v) is 5.78. The molecule has 1 saturated heterocycles. The van der Waals surface area contributed by atoms with E-state index in [2.05, 4.69) is 4.74 Å². The number of hydrogen-bond acceptors (Lipinski definition) is 3. The number of halogens is 3. The summed E-state index contributed by atoms with van der Waals surface area (Å²) in [5.41, 5.74) is 0.980. The zero-order valence-corrected chi connectivity index (χ0v) is 13.1. The monoisotopic (exact) mass is 331 g/mol. The largest absolute Gasteiger partial charge is 0.411 e. The lowest BCUT2D eigenvalue weighted by atomic mass is 10.1. The molecule has 1 amide bonds. The molecule has 0 bridgehead atoms. The summed E-state index contributed by atoms with van der Waals surface area (Å²) in [4.78, 5) is 14.2. The number of amides is 1. The molecule has 0 radical (unpaired) electrons. The molecule has 0 unspecified atom stereocenters. The van der Waals surface area contributed by atoms with Crippen molar-refractivity contribution >= 4 is 5.91 Å². The Morgan fingerprint density at radius 2 is 1.96 bits per heavy atom. The molecule has 2 atom stereocenters. The lowest BCUT2D eigenvalue weighted by molar-refractivity contribution is -0.176. The first kappa shape index (κ1) is 17.7. The summed E-state index contributed by atoms with van der Waals surface area (Å²) >= 11 is 0. The van der Waals surface area contributed by atoms with Gasteiger partial charge in [-0.1, -0.05) is 12.1 Å². The number of ether oxygens (including phenoxy) is 2. The third-order valence-corrected chi connectivity index (χ3v) is 3.42. The van der Waals surface area contributed by atoms with Crippen LogP contribution in [0.1, 0.15) is 29.8 Å². The summed E-state index contributed by atoms with van der Waals surface area (Å²) in [6, 6.07) is 6.51. The van der Waals surface area contributed by atoms with Crippen molar-refractivity contribution in [3.05, 3.63) is 35.4 Å². The molecule has 1 aliphatic heterocycles. The van der Waals surface area contributed by atoms with Gasteiger partial charge in [-0.15, -0.1) is 0 Å². The smallest absolute Gasteiger partial charge is 0.372 e. The molecule has 0 aromatic heterocycles. The maximum Gasteiger partial charge on any atom is 0.411 e. The van der Waals surface area contributed by atoms with Gasteiger partial charge in [0, 0.05) is 18.7 Å². The van der Waals surface area contributed by atoms with E-state index < -0.39 is 12.8 Å². The molecule has 1 aromatic carbocycles. The highest BCUT2D eigenvalue weighted by Gasteiger charge is 2.28. The van der Waals surface area contributed by atoms with Crippen molar-refractivity contribution in [1.29, 1.82) is 0 Å². The van der Waals surface area contributed by atoms with E-state index in [1.54, 1.807) is 29.2 Å². The van der Waals surface area contributed by atoms with Gasteiger partial charge in [0.1, 0.15) is 6.61 Å². The molecular formula is C16H20F3NO3. The molecule has 0 spiro atoms. The van der Waals surface area contributed by atoms with Gasteiger partial charge >= 0.3 is 6.18 Å². The molecule has 4 nitrogen and oxygen atoms in total. The van der Waals surface area contributed by atoms with Gasteiger partial charge in [0.25, 0.3) is 5.91 Å². The quantitative estimate of drug-likeness (QED) is 0.851. The first-order chi connectivity index (χ1) is 10.7. The Hall–Kier alpha value is -1.60. The zero-order chi connectivity index (χ0) is 17.0. The van der Waals surface area contributed by atoms with Crippen LogP contribution in [-0.4, -0.2) is 48.9 Å². The van der Waals surface area contributed by atoms with Crippen molar-refractivity contribution < 1.29 is 27.4 Å². The number of rotatable bonds is 4. The maximum absolute atomic E-state index is 12.5. The number of alkyl halides is 3. The number of carbonyl (C=O) groups is 1. The molecule has 7 heteroatoms. The van der Waals surface area contributed by atoms with Crippen molar-refractivity contribution in [3.63, 3.8) is 0 Å². The van der Waals surface area contributed by atoms with Crippen molar-refractivity contribution in [2.24, 2.45) is 0 Å². The molecule has 1 aliphatic rings. The van der Waals surface area contributed by atoms with Crippen LogP contribution in [0, 0.1) is 0 Å². The first-order valence-electron chi connectivity index (χ1n) is 7.43. The summed E-state index contributed by atoms with van der Waals surface area (Å²) in [7, 11) is 0. The summed E-state index contributed by atoms with van der Waals surface area (Å²) < 4.78 is 46.5. The normalized spacial score (nSPS) is 22.2. The Balaban J connectivity index is 1.99. The minimum absolute atomic E-state index is 0.0407. The second-order valence-electron chi connectivity index (χ2n) is 5.78. The van der Waals surface area contributed by atoms with Crippen LogP contribution in [0.2, 0.25) is 0 Å². The summed E-state index contributed by atoms with van der Waals surface area (Å²) in [5.74, 6) is -0.148. The molecule has 1 fully saturated rings. The molecule has 1 aromatic rings. The SMILES string of the molecule is C[C@H]1CN(C(=O)c2cccc(COCC(F)(F)F)c2)C[C@H](C)O1. The molecule has 0 saturated carbocycles. The van der Waals surface area contributed by atoms with Gasteiger partial charge in [-0.25, -0.2) is 0 Å². The van der Waals surface area contributed by atoms with Gasteiger partial charge in [0.2, 0.25) is 0 Å². The maximum atomic E-state index is 12.5. The van der Waals surface area contributed by atoms with E-state index in [0.29, 0.717) is 24.2 Å². The second kappa shape index (κ2) is 7.31. The van der Waals surface area contributed by atoms with Gasteiger partial charge in [0.05, 0.1) is 18.8 Å². The molecule has 23 heavy (non-hydrogen) atoms. The average Bonchev–Trinajstić information content (AvgIpc) is 2.44. The number of nitrogens with zero attached hydrogens (tertiary/aromatic N) is 1.